The lowest BCUT2D eigenvalue weighted by molar-refractivity contribution is 0.102. The first-order valence-corrected chi connectivity index (χ1v) is 7.30. The van der Waals surface area contributed by atoms with Gasteiger partial charge in [0.15, 0.2) is 0 Å². The van der Waals surface area contributed by atoms with E-state index in [1.165, 1.54) is 7.11 Å². The molecule has 6 heteroatoms. The molecule has 23 heavy (non-hydrogen) atoms. The lowest BCUT2D eigenvalue weighted by Crippen LogP contribution is -2.12. The molecule has 1 amide bonds. The van der Waals surface area contributed by atoms with Crippen LogP contribution < -0.4 is 14.8 Å². The zero-order chi connectivity index (χ0) is 16.4. The number of amides is 1. The highest BCUT2D eigenvalue weighted by atomic mass is 35.5. The third kappa shape index (κ3) is 2.96. The smallest absolute Gasteiger partial charge is 0.257 e. The number of H-pyrrole nitrogens is 1. The van der Waals surface area contributed by atoms with Gasteiger partial charge in [-0.2, -0.15) is 0 Å². The Morgan fingerprint density at radius 1 is 1.13 bits per heavy atom. The molecule has 118 valence electrons. The summed E-state index contributed by atoms with van der Waals surface area (Å²) in [5.41, 5.74) is 1.88. The number of rotatable bonds is 4. The number of nitrogens with one attached hydrogen (secondary N) is 2. The molecule has 0 bridgehead atoms. The maximum absolute atomic E-state index is 12.6. The first kappa shape index (κ1) is 15.2. The molecule has 2 aromatic carbocycles. The second kappa shape index (κ2) is 6.22. The minimum atomic E-state index is -0.248. The average molecular weight is 331 g/mol. The molecule has 5 nitrogen and oxygen atoms in total. The normalized spacial score (nSPS) is 10.6. The monoisotopic (exact) mass is 330 g/mol. The number of aromatic amines is 1. The Kier molecular flexibility index (Phi) is 4.12. The third-order valence-corrected chi connectivity index (χ3v) is 3.78. The van der Waals surface area contributed by atoms with Crippen LogP contribution in [-0.2, 0) is 0 Å². The number of carbonyl (C=O) groups excluding carboxylic acids is 1. The predicted octanol–water partition coefficient (Wildman–Crippen LogP) is 4.09. The number of ether oxygens (including phenoxy) is 2. The molecule has 0 saturated heterocycles. The summed E-state index contributed by atoms with van der Waals surface area (Å²) in [5, 5.41) is 4.15. The van der Waals surface area contributed by atoms with Crippen LogP contribution in [0.2, 0.25) is 5.02 Å². The minimum Gasteiger partial charge on any atom is -0.497 e. The number of methoxy groups -OCH3 is 2. The van der Waals surface area contributed by atoms with Gasteiger partial charge in [0.05, 0.1) is 25.5 Å². The van der Waals surface area contributed by atoms with Crippen molar-refractivity contribution in [3.63, 3.8) is 0 Å². The number of anilines is 1. The van der Waals surface area contributed by atoms with Crippen LogP contribution in [0.4, 0.5) is 5.69 Å². The van der Waals surface area contributed by atoms with E-state index in [0.29, 0.717) is 22.0 Å². The fraction of sp³-hybridized carbons (Fsp3) is 0.118. The molecule has 0 saturated carbocycles. The van der Waals surface area contributed by atoms with Gasteiger partial charge >= 0.3 is 0 Å². The summed E-state index contributed by atoms with van der Waals surface area (Å²) < 4.78 is 10.4. The number of fused-ring (bicyclic) bond motifs is 1. The van der Waals surface area contributed by atoms with Crippen molar-refractivity contribution in [1.29, 1.82) is 0 Å². The molecule has 0 radical (unpaired) electrons. The quantitative estimate of drug-likeness (QED) is 0.757. The van der Waals surface area contributed by atoms with Crippen LogP contribution >= 0.6 is 11.6 Å². The van der Waals surface area contributed by atoms with E-state index in [1.54, 1.807) is 31.5 Å². The van der Waals surface area contributed by atoms with Gasteiger partial charge < -0.3 is 19.8 Å². The molecule has 0 aliphatic heterocycles. The number of hydrogen-bond donors (Lipinski definition) is 2. The second-order valence-electron chi connectivity index (χ2n) is 4.91. The lowest BCUT2D eigenvalue weighted by Gasteiger charge is -2.10. The fourth-order valence-corrected chi connectivity index (χ4v) is 2.56. The minimum absolute atomic E-state index is 0.248. The Labute approximate surface area is 138 Å². The van der Waals surface area contributed by atoms with E-state index in [2.05, 4.69) is 10.3 Å². The van der Waals surface area contributed by atoms with E-state index in [-0.39, 0.29) is 5.91 Å². The zero-order valence-corrected chi connectivity index (χ0v) is 13.4. The number of hydrogen-bond acceptors (Lipinski definition) is 3. The Balaban J connectivity index is 1.94. The molecule has 0 atom stereocenters. The Morgan fingerprint density at radius 2 is 1.96 bits per heavy atom. The maximum atomic E-state index is 12.6. The van der Waals surface area contributed by atoms with E-state index in [1.807, 2.05) is 18.2 Å². The van der Waals surface area contributed by atoms with Gasteiger partial charge in [-0.1, -0.05) is 11.6 Å². The van der Waals surface area contributed by atoms with Gasteiger partial charge in [-0.05, 0) is 30.3 Å². The number of aromatic nitrogens is 1. The van der Waals surface area contributed by atoms with E-state index in [9.17, 15) is 4.79 Å². The predicted molar refractivity (Wildman–Crippen MR) is 90.8 cm³/mol. The van der Waals surface area contributed by atoms with Crippen LogP contribution in [0.1, 0.15) is 10.4 Å². The van der Waals surface area contributed by atoms with Gasteiger partial charge in [-0.15, -0.1) is 0 Å². The van der Waals surface area contributed by atoms with Crippen molar-refractivity contribution >= 4 is 34.1 Å². The summed E-state index contributed by atoms with van der Waals surface area (Å²) in [4.78, 5) is 15.6. The molecule has 3 rings (SSSR count). The molecule has 0 aliphatic rings. The van der Waals surface area contributed by atoms with Crippen molar-refractivity contribution in [3.05, 3.63) is 53.2 Å². The van der Waals surface area contributed by atoms with E-state index >= 15 is 0 Å². The third-order valence-electron chi connectivity index (χ3n) is 3.54. The highest BCUT2D eigenvalue weighted by molar-refractivity contribution is 6.31. The van der Waals surface area contributed by atoms with Crippen LogP contribution in [0, 0.1) is 0 Å². The molecule has 2 N–H and O–H groups in total. The molecule has 0 spiro atoms. The van der Waals surface area contributed by atoms with Gasteiger partial charge in [0, 0.05) is 28.2 Å². The number of benzene rings is 2. The molecule has 3 aromatic rings. The average Bonchev–Trinajstić information content (AvgIpc) is 2.98. The summed E-state index contributed by atoms with van der Waals surface area (Å²) in [6.07, 6.45) is 1.66. The van der Waals surface area contributed by atoms with Crippen LogP contribution in [0.15, 0.2) is 42.6 Å². The first-order valence-electron chi connectivity index (χ1n) is 6.92. The fourth-order valence-electron chi connectivity index (χ4n) is 2.39. The summed E-state index contributed by atoms with van der Waals surface area (Å²) in [5.74, 6) is 1.02. The number of halogens is 1. The van der Waals surface area contributed by atoms with Crippen LogP contribution in [-0.4, -0.2) is 25.1 Å². The van der Waals surface area contributed by atoms with E-state index < -0.39 is 0 Å². The van der Waals surface area contributed by atoms with Gasteiger partial charge in [-0.25, -0.2) is 0 Å². The molecular weight excluding hydrogens is 316 g/mol. The Hall–Kier alpha value is -2.66. The second-order valence-corrected chi connectivity index (χ2v) is 5.35. The molecular formula is C17H15ClN2O3. The van der Waals surface area contributed by atoms with Gasteiger partial charge in [0.25, 0.3) is 5.91 Å². The van der Waals surface area contributed by atoms with Crippen molar-refractivity contribution in [2.24, 2.45) is 0 Å². The SMILES string of the molecule is COc1ccc2c(C(=O)Nc3cc(Cl)ccc3OC)c[nH]c2c1. The summed E-state index contributed by atoms with van der Waals surface area (Å²) >= 11 is 5.98. The van der Waals surface area contributed by atoms with E-state index in [0.717, 1.165) is 16.7 Å². The van der Waals surface area contributed by atoms with E-state index in [4.69, 9.17) is 21.1 Å². The zero-order valence-electron chi connectivity index (χ0n) is 12.6. The summed E-state index contributed by atoms with van der Waals surface area (Å²) in [6, 6.07) is 10.6. The Bertz CT molecular complexity index is 873. The highest BCUT2D eigenvalue weighted by Gasteiger charge is 2.15. The van der Waals surface area contributed by atoms with Gasteiger partial charge in [0.1, 0.15) is 11.5 Å². The van der Waals surface area contributed by atoms with Gasteiger partial charge in [-0.3, -0.25) is 4.79 Å². The standard InChI is InChI=1S/C17H15ClN2O3/c1-22-11-4-5-12-13(9-19-14(12)8-11)17(21)20-15-7-10(18)3-6-16(15)23-2/h3-9,19H,1-2H3,(H,20,21). The highest BCUT2D eigenvalue weighted by Crippen LogP contribution is 2.29. The summed E-state index contributed by atoms with van der Waals surface area (Å²) in [7, 11) is 3.14. The Morgan fingerprint density at radius 3 is 2.70 bits per heavy atom. The van der Waals surface area contributed by atoms with Crippen molar-refractivity contribution in [2.75, 3.05) is 19.5 Å². The van der Waals surface area contributed by atoms with Crippen molar-refractivity contribution in [2.45, 2.75) is 0 Å². The summed E-state index contributed by atoms with van der Waals surface area (Å²) in [6.45, 7) is 0. The molecule has 0 aliphatic carbocycles. The first-order chi connectivity index (χ1) is 11.1. The lowest BCUT2D eigenvalue weighted by atomic mass is 10.1. The molecule has 0 fully saturated rings. The van der Waals surface area contributed by atoms with Crippen LogP contribution in [0.3, 0.4) is 0 Å². The van der Waals surface area contributed by atoms with Crippen molar-refractivity contribution < 1.29 is 14.3 Å². The molecule has 0 unspecified atom stereocenters. The largest absolute Gasteiger partial charge is 0.497 e. The maximum Gasteiger partial charge on any atom is 0.257 e. The van der Waals surface area contributed by atoms with Crippen LogP contribution in [0.25, 0.3) is 10.9 Å². The van der Waals surface area contributed by atoms with Crippen molar-refractivity contribution in [1.82, 2.24) is 4.98 Å². The van der Waals surface area contributed by atoms with Crippen molar-refractivity contribution in [3.8, 4) is 11.5 Å². The van der Waals surface area contributed by atoms with Crippen LogP contribution in [0.5, 0.6) is 11.5 Å². The van der Waals surface area contributed by atoms with Gasteiger partial charge in [0.2, 0.25) is 0 Å². The number of carbonyl (C=O) groups is 1. The topological polar surface area (TPSA) is 63.4 Å². The molecule has 1 aromatic heterocycles. The molecule has 1 heterocycles.